The molecule has 162 valence electrons. The lowest BCUT2D eigenvalue weighted by atomic mass is 9.78. The molecule has 4 rings (SSSR count). The number of carbonyl (C=O) groups excluding carboxylic acids is 1. The molecule has 30 heavy (non-hydrogen) atoms. The molecule has 2 N–H and O–H groups in total. The van der Waals surface area contributed by atoms with Crippen LogP contribution >= 0.6 is 0 Å². The van der Waals surface area contributed by atoms with E-state index in [-0.39, 0.29) is 18.1 Å². The van der Waals surface area contributed by atoms with Gasteiger partial charge in [0.05, 0.1) is 20.3 Å². The van der Waals surface area contributed by atoms with Crippen molar-refractivity contribution in [3.8, 4) is 17.6 Å². The second-order valence-electron chi connectivity index (χ2n) is 8.79. The van der Waals surface area contributed by atoms with Crippen LogP contribution in [0.15, 0.2) is 12.1 Å². The van der Waals surface area contributed by atoms with Gasteiger partial charge in [-0.05, 0) is 48.9 Å². The number of nitriles is 1. The summed E-state index contributed by atoms with van der Waals surface area (Å²) in [6.07, 6.45) is 7.77. The summed E-state index contributed by atoms with van der Waals surface area (Å²) in [6.45, 7) is 1.73. The first kappa shape index (κ1) is 20.8. The highest BCUT2D eigenvalue weighted by Crippen LogP contribution is 2.44. The number of nitrogens with one attached hydrogen (secondary N) is 2. The third-order valence-corrected chi connectivity index (χ3v) is 6.99. The van der Waals surface area contributed by atoms with Gasteiger partial charge in [-0.1, -0.05) is 19.3 Å². The lowest BCUT2D eigenvalue weighted by Crippen LogP contribution is -2.59. The van der Waals surface area contributed by atoms with E-state index in [9.17, 15) is 10.1 Å². The zero-order valence-electron chi connectivity index (χ0n) is 18.0. The van der Waals surface area contributed by atoms with Crippen LogP contribution in [0.5, 0.6) is 11.5 Å². The molecule has 1 aliphatic carbocycles. The van der Waals surface area contributed by atoms with Crippen molar-refractivity contribution in [2.24, 2.45) is 0 Å². The van der Waals surface area contributed by atoms with Crippen molar-refractivity contribution in [2.45, 2.75) is 69.0 Å². The van der Waals surface area contributed by atoms with E-state index in [0.717, 1.165) is 50.9 Å². The maximum atomic E-state index is 12.7. The Morgan fingerprint density at radius 2 is 1.90 bits per heavy atom. The number of hydrogen-bond donors (Lipinski definition) is 2. The molecule has 7 heteroatoms. The van der Waals surface area contributed by atoms with Crippen molar-refractivity contribution in [1.29, 1.82) is 5.26 Å². The molecule has 2 heterocycles. The highest BCUT2D eigenvalue weighted by molar-refractivity contribution is 5.75. The van der Waals surface area contributed by atoms with Crippen molar-refractivity contribution in [3.05, 3.63) is 23.3 Å². The fraction of sp³-hybridized carbons (Fsp3) is 0.652. The second-order valence-corrected chi connectivity index (χ2v) is 8.79. The number of urea groups is 1. The smallest absolute Gasteiger partial charge is 0.316 e. The predicted molar refractivity (Wildman–Crippen MR) is 114 cm³/mol. The summed E-state index contributed by atoms with van der Waals surface area (Å²) in [5.41, 5.74) is 1.55. The topological polar surface area (TPSA) is 86.6 Å². The summed E-state index contributed by atoms with van der Waals surface area (Å²) in [6, 6.07) is 6.64. The Morgan fingerprint density at radius 1 is 1.17 bits per heavy atom. The van der Waals surface area contributed by atoms with Gasteiger partial charge in [0.1, 0.15) is 5.54 Å². The third kappa shape index (κ3) is 4.06. The predicted octanol–water partition coefficient (Wildman–Crippen LogP) is 3.29. The van der Waals surface area contributed by atoms with Crippen LogP contribution in [0.2, 0.25) is 0 Å². The lowest BCUT2D eigenvalue weighted by molar-refractivity contribution is 0.0941. The van der Waals surface area contributed by atoms with E-state index in [1.165, 1.54) is 17.5 Å². The van der Waals surface area contributed by atoms with E-state index in [1.54, 1.807) is 14.2 Å². The minimum Gasteiger partial charge on any atom is -0.493 e. The minimum absolute atomic E-state index is 0.0805. The Morgan fingerprint density at radius 3 is 2.60 bits per heavy atom. The number of rotatable bonds is 4. The van der Waals surface area contributed by atoms with Gasteiger partial charge in [0, 0.05) is 31.6 Å². The van der Waals surface area contributed by atoms with Crippen LogP contribution in [-0.2, 0) is 6.42 Å². The molecule has 2 aliphatic heterocycles. The van der Waals surface area contributed by atoms with Gasteiger partial charge in [0.2, 0.25) is 0 Å². The van der Waals surface area contributed by atoms with E-state index < -0.39 is 5.54 Å². The summed E-state index contributed by atoms with van der Waals surface area (Å²) >= 11 is 0. The number of amides is 2. The fourth-order valence-corrected chi connectivity index (χ4v) is 5.28. The largest absolute Gasteiger partial charge is 0.493 e. The van der Waals surface area contributed by atoms with E-state index in [4.69, 9.17) is 9.47 Å². The Balaban J connectivity index is 1.53. The average Bonchev–Trinajstić information content (AvgIpc) is 2.78. The van der Waals surface area contributed by atoms with Crippen molar-refractivity contribution in [1.82, 2.24) is 15.5 Å². The van der Waals surface area contributed by atoms with Crippen molar-refractivity contribution >= 4 is 6.03 Å². The van der Waals surface area contributed by atoms with Crippen LogP contribution in [0, 0.1) is 11.3 Å². The van der Waals surface area contributed by atoms with Crippen molar-refractivity contribution in [3.63, 3.8) is 0 Å². The summed E-state index contributed by atoms with van der Waals surface area (Å²) in [5.74, 6) is 1.44. The molecule has 2 amide bonds. The highest BCUT2D eigenvalue weighted by atomic mass is 16.5. The Kier molecular flexibility index (Phi) is 6.05. The van der Waals surface area contributed by atoms with Crippen LogP contribution in [-0.4, -0.2) is 49.8 Å². The van der Waals surface area contributed by atoms with E-state index in [1.807, 2.05) is 6.07 Å². The number of methoxy groups -OCH3 is 2. The number of benzene rings is 1. The highest BCUT2D eigenvalue weighted by Gasteiger charge is 2.44. The molecule has 0 bridgehead atoms. The number of fused-ring (bicyclic) bond motifs is 3. The maximum Gasteiger partial charge on any atom is 0.316 e. The summed E-state index contributed by atoms with van der Waals surface area (Å²) in [7, 11) is 3.29. The van der Waals surface area contributed by atoms with Crippen LogP contribution in [0.1, 0.15) is 62.1 Å². The van der Waals surface area contributed by atoms with Gasteiger partial charge in [0.25, 0.3) is 0 Å². The van der Waals surface area contributed by atoms with Crippen molar-refractivity contribution < 1.29 is 14.3 Å². The van der Waals surface area contributed by atoms with Gasteiger partial charge >= 0.3 is 6.03 Å². The number of piperidine rings is 1. The van der Waals surface area contributed by atoms with Gasteiger partial charge in [-0.3, -0.25) is 4.90 Å². The molecule has 0 unspecified atom stereocenters. The van der Waals surface area contributed by atoms with Gasteiger partial charge in [-0.15, -0.1) is 0 Å². The maximum absolute atomic E-state index is 12.7. The second kappa shape index (κ2) is 8.73. The standard InChI is InChI=1S/C23H32N4O3/c1-29-20-12-16-8-10-27-11-9-23(15-24,14-19(27)18(16)13-21(20)30-2)26-22(28)25-17-6-4-3-5-7-17/h12-13,17,19H,3-11,14H2,1-2H3,(H2,25,26,28)/t19-,23+/m0/s1. The normalized spacial score (nSPS) is 26.6. The molecule has 2 atom stereocenters. The molecule has 7 nitrogen and oxygen atoms in total. The van der Waals surface area contributed by atoms with Crippen LogP contribution < -0.4 is 20.1 Å². The van der Waals surface area contributed by atoms with Crippen LogP contribution in [0.3, 0.4) is 0 Å². The number of nitrogens with zero attached hydrogens (tertiary/aromatic N) is 2. The quantitative estimate of drug-likeness (QED) is 0.792. The first-order valence-electron chi connectivity index (χ1n) is 11.1. The first-order chi connectivity index (χ1) is 14.6. The molecule has 1 saturated heterocycles. The SMILES string of the molecule is COc1cc2c(cc1OC)[C@@H]1C[C@](C#N)(NC(=O)NC3CCCCC3)CCN1CC2. The molecule has 0 radical (unpaired) electrons. The summed E-state index contributed by atoms with van der Waals surface area (Å²) in [5, 5.41) is 16.2. The Bertz CT molecular complexity index is 830. The Labute approximate surface area is 178 Å². The van der Waals surface area contributed by atoms with Crippen LogP contribution in [0.4, 0.5) is 4.79 Å². The molecule has 0 spiro atoms. The molecular formula is C23H32N4O3. The fourth-order valence-electron chi connectivity index (χ4n) is 5.28. The molecule has 3 aliphatic rings. The number of carbonyl (C=O) groups is 1. The average molecular weight is 413 g/mol. The van der Waals surface area contributed by atoms with E-state index in [2.05, 4.69) is 27.7 Å². The van der Waals surface area contributed by atoms with E-state index >= 15 is 0 Å². The third-order valence-electron chi connectivity index (χ3n) is 6.99. The number of ether oxygens (including phenoxy) is 2. The zero-order valence-corrected chi connectivity index (χ0v) is 18.0. The van der Waals surface area contributed by atoms with Crippen molar-refractivity contribution in [2.75, 3.05) is 27.3 Å². The minimum atomic E-state index is -0.859. The summed E-state index contributed by atoms with van der Waals surface area (Å²) in [4.78, 5) is 15.1. The van der Waals surface area contributed by atoms with E-state index in [0.29, 0.717) is 18.6 Å². The monoisotopic (exact) mass is 412 g/mol. The molecule has 1 aromatic carbocycles. The lowest BCUT2D eigenvalue weighted by Gasteiger charge is -2.46. The first-order valence-corrected chi connectivity index (χ1v) is 11.1. The molecule has 1 aromatic rings. The van der Waals surface area contributed by atoms with Gasteiger partial charge in [-0.2, -0.15) is 5.26 Å². The van der Waals surface area contributed by atoms with Gasteiger partial charge in [0.15, 0.2) is 11.5 Å². The summed E-state index contributed by atoms with van der Waals surface area (Å²) < 4.78 is 11.0. The van der Waals surface area contributed by atoms with Gasteiger partial charge < -0.3 is 20.1 Å². The number of hydrogen-bond acceptors (Lipinski definition) is 5. The molecule has 2 fully saturated rings. The Hall–Kier alpha value is -2.46. The molecule has 0 aromatic heterocycles. The molecule has 1 saturated carbocycles. The molecular weight excluding hydrogens is 380 g/mol. The van der Waals surface area contributed by atoms with Gasteiger partial charge in [-0.25, -0.2) is 4.79 Å². The zero-order chi connectivity index (χ0) is 21.1. The van der Waals surface area contributed by atoms with Crippen LogP contribution in [0.25, 0.3) is 0 Å².